The van der Waals surface area contributed by atoms with Crippen molar-refractivity contribution >= 4 is 27.0 Å². The van der Waals surface area contributed by atoms with Crippen molar-refractivity contribution in [2.24, 2.45) is 0 Å². The average Bonchev–Trinajstić information content (AvgIpc) is 2.81. The first-order valence-corrected chi connectivity index (χ1v) is 9.12. The Morgan fingerprint density at radius 3 is 2.43 bits per heavy atom. The number of hydrogen-bond acceptors (Lipinski definition) is 4. The molecule has 0 unspecified atom stereocenters. The van der Waals surface area contributed by atoms with Crippen LogP contribution in [-0.4, -0.2) is 15.0 Å². The fraction of sp³-hybridized carbons (Fsp3) is 0.333. The van der Waals surface area contributed by atoms with Crippen LogP contribution in [0.1, 0.15) is 22.2 Å². The second-order valence-corrected chi connectivity index (χ2v) is 7.88. The van der Waals surface area contributed by atoms with Crippen LogP contribution in [0.4, 0.5) is 5.69 Å². The molecule has 1 aromatic heterocycles. The number of nitrogens with one attached hydrogen (secondary N) is 2. The third-order valence-electron chi connectivity index (χ3n) is 3.07. The Morgan fingerprint density at radius 1 is 1.14 bits per heavy atom. The van der Waals surface area contributed by atoms with Gasteiger partial charge in [0.1, 0.15) is 4.90 Å². The number of aryl methyl sites for hydroxylation is 2. The van der Waals surface area contributed by atoms with Gasteiger partial charge < -0.3 is 5.32 Å². The van der Waals surface area contributed by atoms with Gasteiger partial charge in [0.05, 0.1) is 0 Å². The number of thiophene rings is 1. The predicted octanol–water partition coefficient (Wildman–Crippen LogP) is 3.28. The lowest BCUT2D eigenvalue weighted by Crippen LogP contribution is -2.13. The van der Waals surface area contributed by atoms with Crippen LogP contribution in [-0.2, 0) is 16.6 Å². The molecule has 4 nitrogen and oxygen atoms in total. The van der Waals surface area contributed by atoms with E-state index >= 15 is 0 Å². The van der Waals surface area contributed by atoms with Gasteiger partial charge in [0, 0.05) is 22.0 Å². The zero-order valence-electron chi connectivity index (χ0n) is 12.4. The normalized spacial score (nSPS) is 11.6. The van der Waals surface area contributed by atoms with E-state index in [4.69, 9.17) is 0 Å². The Hall–Kier alpha value is -1.37. The second-order valence-electron chi connectivity index (χ2n) is 4.89. The summed E-state index contributed by atoms with van der Waals surface area (Å²) in [5.74, 6) is 0. The lowest BCUT2D eigenvalue weighted by molar-refractivity contribution is 0.601. The molecule has 0 fully saturated rings. The third kappa shape index (κ3) is 4.06. The molecule has 0 aliphatic carbocycles. The van der Waals surface area contributed by atoms with Crippen LogP contribution in [0.25, 0.3) is 0 Å². The number of hydrogen-bond donors (Lipinski definition) is 2. The topological polar surface area (TPSA) is 58.2 Å². The molecule has 2 aromatic rings. The monoisotopic (exact) mass is 324 g/mol. The number of benzene rings is 1. The molecule has 1 heterocycles. The molecule has 2 N–H and O–H groups in total. The third-order valence-corrected chi connectivity index (χ3v) is 5.75. The molecule has 0 saturated carbocycles. The van der Waals surface area contributed by atoms with Gasteiger partial charge in [-0.2, -0.15) is 0 Å². The molecular formula is C15H20N2O2S2. The standard InChI is InChI=1S/C15H20N2O2S2/c1-4-16-10-14-9-15(12(3)20-14)21(18,19)17-13-7-5-11(2)6-8-13/h5-9,16-17H,4,10H2,1-3H3. The van der Waals surface area contributed by atoms with Crippen LogP contribution < -0.4 is 10.0 Å². The molecule has 0 spiro atoms. The first-order valence-electron chi connectivity index (χ1n) is 6.82. The SMILES string of the molecule is CCNCc1cc(S(=O)(=O)Nc2ccc(C)cc2)c(C)s1. The van der Waals surface area contributed by atoms with Crippen molar-refractivity contribution in [3.8, 4) is 0 Å². The summed E-state index contributed by atoms with van der Waals surface area (Å²) < 4.78 is 27.6. The largest absolute Gasteiger partial charge is 0.312 e. The van der Waals surface area contributed by atoms with Crippen LogP contribution in [0.2, 0.25) is 0 Å². The molecule has 0 radical (unpaired) electrons. The minimum absolute atomic E-state index is 0.362. The molecule has 1 aromatic carbocycles. The van der Waals surface area contributed by atoms with E-state index in [1.54, 1.807) is 18.2 Å². The van der Waals surface area contributed by atoms with E-state index in [-0.39, 0.29) is 0 Å². The molecular weight excluding hydrogens is 304 g/mol. The molecule has 114 valence electrons. The first-order chi connectivity index (χ1) is 9.92. The van der Waals surface area contributed by atoms with E-state index in [9.17, 15) is 8.42 Å². The average molecular weight is 324 g/mol. The van der Waals surface area contributed by atoms with Gasteiger partial charge >= 0.3 is 0 Å². The minimum atomic E-state index is -3.53. The van der Waals surface area contributed by atoms with E-state index in [0.29, 0.717) is 17.1 Å². The Labute approximate surface area is 130 Å². The molecule has 0 aliphatic heterocycles. The lowest BCUT2D eigenvalue weighted by Gasteiger charge is -2.07. The number of rotatable bonds is 6. The van der Waals surface area contributed by atoms with Crippen LogP contribution in [0, 0.1) is 13.8 Å². The van der Waals surface area contributed by atoms with Crippen molar-refractivity contribution < 1.29 is 8.42 Å². The first kappa shape index (κ1) is 16.0. The van der Waals surface area contributed by atoms with Gasteiger partial charge in [-0.3, -0.25) is 4.72 Å². The summed E-state index contributed by atoms with van der Waals surface area (Å²) in [6, 6.07) is 9.06. The van der Waals surface area contributed by atoms with E-state index in [1.807, 2.05) is 32.9 Å². The molecule has 0 atom stereocenters. The van der Waals surface area contributed by atoms with Crippen molar-refractivity contribution in [2.75, 3.05) is 11.3 Å². The maximum absolute atomic E-state index is 12.5. The van der Waals surface area contributed by atoms with Gasteiger partial charge in [0.15, 0.2) is 0 Å². The van der Waals surface area contributed by atoms with Gasteiger partial charge in [-0.05, 0) is 38.6 Å². The van der Waals surface area contributed by atoms with Gasteiger partial charge in [-0.25, -0.2) is 8.42 Å². The maximum Gasteiger partial charge on any atom is 0.263 e. The molecule has 0 bridgehead atoms. The molecule has 6 heteroatoms. The highest BCUT2D eigenvalue weighted by molar-refractivity contribution is 7.93. The van der Waals surface area contributed by atoms with Crippen molar-refractivity contribution in [3.05, 3.63) is 45.6 Å². The van der Waals surface area contributed by atoms with Crippen LogP contribution in [0.3, 0.4) is 0 Å². The van der Waals surface area contributed by atoms with E-state index < -0.39 is 10.0 Å². The Balaban J connectivity index is 2.22. The zero-order valence-corrected chi connectivity index (χ0v) is 14.1. The quantitative estimate of drug-likeness (QED) is 0.857. The number of sulfonamides is 1. The van der Waals surface area contributed by atoms with Crippen molar-refractivity contribution in [1.82, 2.24) is 5.32 Å². The fourth-order valence-corrected chi connectivity index (χ4v) is 4.62. The molecule has 0 saturated heterocycles. The lowest BCUT2D eigenvalue weighted by atomic mass is 10.2. The molecule has 2 rings (SSSR count). The fourth-order valence-electron chi connectivity index (χ4n) is 1.96. The summed E-state index contributed by atoms with van der Waals surface area (Å²) in [5.41, 5.74) is 1.68. The maximum atomic E-state index is 12.5. The minimum Gasteiger partial charge on any atom is -0.312 e. The summed E-state index contributed by atoms with van der Waals surface area (Å²) in [6.45, 7) is 7.39. The van der Waals surface area contributed by atoms with Crippen LogP contribution >= 0.6 is 11.3 Å². The highest BCUT2D eigenvalue weighted by Gasteiger charge is 2.19. The summed E-state index contributed by atoms with van der Waals surface area (Å²) in [4.78, 5) is 2.20. The van der Waals surface area contributed by atoms with E-state index in [1.165, 1.54) is 11.3 Å². The molecule has 0 amide bonds. The predicted molar refractivity (Wildman–Crippen MR) is 88.4 cm³/mol. The van der Waals surface area contributed by atoms with Crippen LogP contribution in [0.15, 0.2) is 35.2 Å². The zero-order chi connectivity index (χ0) is 15.5. The Bertz CT molecular complexity index is 704. The summed E-state index contributed by atoms with van der Waals surface area (Å²) in [7, 11) is -3.53. The second kappa shape index (κ2) is 6.60. The highest BCUT2D eigenvalue weighted by atomic mass is 32.2. The molecule has 0 aliphatic rings. The van der Waals surface area contributed by atoms with Gasteiger partial charge in [-0.1, -0.05) is 24.6 Å². The van der Waals surface area contributed by atoms with Crippen LogP contribution in [0.5, 0.6) is 0 Å². The Kier molecular flexibility index (Phi) is 5.03. The summed E-state index contributed by atoms with van der Waals surface area (Å²) in [5, 5.41) is 3.21. The summed E-state index contributed by atoms with van der Waals surface area (Å²) >= 11 is 1.51. The van der Waals surface area contributed by atoms with Crippen molar-refractivity contribution in [2.45, 2.75) is 32.2 Å². The molecule has 21 heavy (non-hydrogen) atoms. The van der Waals surface area contributed by atoms with E-state index in [2.05, 4.69) is 10.0 Å². The number of anilines is 1. The Morgan fingerprint density at radius 2 is 1.81 bits per heavy atom. The van der Waals surface area contributed by atoms with Gasteiger partial charge in [0.2, 0.25) is 0 Å². The highest BCUT2D eigenvalue weighted by Crippen LogP contribution is 2.27. The van der Waals surface area contributed by atoms with Gasteiger partial charge in [0.25, 0.3) is 10.0 Å². The smallest absolute Gasteiger partial charge is 0.263 e. The van der Waals surface area contributed by atoms with E-state index in [0.717, 1.165) is 21.9 Å². The van der Waals surface area contributed by atoms with Crippen molar-refractivity contribution in [3.63, 3.8) is 0 Å². The van der Waals surface area contributed by atoms with Crippen molar-refractivity contribution in [1.29, 1.82) is 0 Å². The van der Waals surface area contributed by atoms with Gasteiger partial charge in [-0.15, -0.1) is 11.3 Å². The summed E-state index contributed by atoms with van der Waals surface area (Å²) in [6.07, 6.45) is 0.